The number of nitrogens with zero attached hydrogens (tertiary/aromatic N) is 3. The monoisotopic (exact) mass is 894 g/mol. The number of nitrogen functional groups attached to an aromatic ring is 1. The molecule has 0 bridgehead atoms. The van der Waals surface area contributed by atoms with Gasteiger partial charge < -0.3 is 20.1 Å². The first-order valence-corrected chi connectivity index (χ1v) is 22.6. The van der Waals surface area contributed by atoms with Gasteiger partial charge in [0.25, 0.3) is 31.9 Å². The molecular weight excluding hydrogens is 853 g/mol. The molecular formula is C40H42N6O10S4. The molecule has 0 spiro atoms. The molecule has 7 rings (SSSR count). The van der Waals surface area contributed by atoms with Crippen LogP contribution in [-0.2, 0) is 20.0 Å². The van der Waals surface area contributed by atoms with E-state index in [-0.39, 0.29) is 48.2 Å². The van der Waals surface area contributed by atoms with Gasteiger partial charge in [-0.25, -0.2) is 21.6 Å². The van der Waals surface area contributed by atoms with Crippen LogP contribution in [0.3, 0.4) is 0 Å². The predicted octanol–water partition coefficient (Wildman–Crippen LogP) is 8.02. The van der Waals surface area contributed by atoms with E-state index >= 15 is 0 Å². The highest BCUT2D eigenvalue weighted by molar-refractivity contribution is 7.94. The number of amides is 2. The Kier molecular flexibility index (Phi) is 13.0. The summed E-state index contributed by atoms with van der Waals surface area (Å²) in [5.41, 5.74) is 12.4. The highest BCUT2D eigenvalue weighted by atomic mass is 32.2. The van der Waals surface area contributed by atoms with Crippen LogP contribution in [0.4, 0.5) is 23.1 Å². The zero-order valence-electron chi connectivity index (χ0n) is 34.3. The Balaban J connectivity index is 0.000000198. The lowest BCUT2D eigenvalue weighted by Crippen LogP contribution is -2.32. The summed E-state index contributed by atoms with van der Waals surface area (Å²) < 4.78 is 63.8. The van der Waals surface area contributed by atoms with Crippen LogP contribution < -0.4 is 20.1 Å². The fourth-order valence-electron chi connectivity index (χ4n) is 6.05. The van der Waals surface area contributed by atoms with E-state index in [0.29, 0.717) is 39.5 Å². The first-order valence-electron chi connectivity index (χ1n) is 17.9. The number of fused-ring (bicyclic) bond motifs is 1. The molecule has 1 aliphatic heterocycles. The molecule has 0 unspecified atom stereocenters. The molecule has 0 saturated heterocycles. The van der Waals surface area contributed by atoms with Gasteiger partial charge in [0, 0.05) is 22.3 Å². The molecule has 0 atom stereocenters. The van der Waals surface area contributed by atoms with Gasteiger partial charge in [-0.1, -0.05) is 22.4 Å². The van der Waals surface area contributed by atoms with Crippen molar-refractivity contribution >= 4 is 89.2 Å². The number of carbonyl (C=O) groups excluding carboxylic acids is 4. The number of hydrogen-bond acceptors (Lipinski definition) is 15. The minimum absolute atomic E-state index is 0.00157. The number of aromatic nitrogens is 2. The fraction of sp³-hybridized carbons (Fsp3) is 0.250. The predicted molar refractivity (Wildman–Crippen MR) is 230 cm³/mol. The second-order valence-corrected chi connectivity index (χ2v) is 19.2. The normalized spacial score (nSPS) is 12.8. The molecule has 16 nitrogen and oxygen atoms in total. The SMILES string of the molecule is CC(=O)c1cc(C)cc(C)c1N1C(=O)c2sccc2S1(=O)=O.CC(=O)c1cc(C)cc(C)c1NC(=O)c1sccc1S(=O)(=O)Nc1onc(C)c1C.Cc1noc(N)c1C. The Hall–Kier alpha value is -5.96. The molecule has 316 valence electrons. The number of anilines is 4. The molecule has 4 aromatic heterocycles. The molecule has 5 heterocycles. The number of ketones is 2. The van der Waals surface area contributed by atoms with Crippen molar-refractivity contribution in [3.05, 3.63) is 113 Å². The highest BCUT2D eigenvalue weighted by Gasteiger charge is 2.45. The van der Waals surface area contributed by atoms with E-state index in [1.165, 1.54) is 31.4 Å². The second-order valence-electron chi connectivity index (χ2n) is 13.9. The lowest BCUT2D eigenvalue weighted by atomic mass is 10.0. The Labute approximate surface area is 354 Å². The van der Waals surface area contributed by atoms with Gasteiger partial charge in [-0.05, 0) is 127 Å². The third-order valence-electron chi connectivity index (χ3n) is 9.35. The molecule has 6 aromatic rings. The van der Waals surface area contributed by atoms with Crippen LogP contribution in [0, 0.1) is 55.4 Å². The van der Waals surface area contributed by atoms with E-state index in [1.807, 2.05) is 33.8 Å². The van der Waals surface area contributed by atoms with E-state index in [2.05, 4.69) is 24.9 Å². The molecule has 0 saturated carbocycles. The maximum atomic E-state index is 12.9. The average Bonchev–Trinajstić information content (AvgIpc) is 4.00. The number of hydrogen-bond donors (Lipinski definition) is 3. The molecule has 20 heteroatoms. The molecule has 2 amide bonds. The standard InChI is InChI=1S/C20H21N3O5S2.C15H13NO4S2.C5H8N2O/c1-10-8-11(2)17(15(9-10)14(5)24)21-19(25)18-16(6-7-29-18)30(26,27)23-20-12(3)13(4)22-28-20;1-8-6-9(2)13(11(7-8)10(3)17)16-15(18)14-12(4-5-21-14)22(16,19)20;1-3-4(2)7-8-5(3)6/h6-9,23H,1-5H3,(H,21,25);4-7H,1-3H3;6H2,1-2H3. The van der Waals surface area contributed by atoms with Crippen molar-refractivity contribution in [2.75, 3.05) is 20.1 Å². The van der Waals surface area contributed by atoms with Crippen LogP contribution in [0.1, 0.15) is 98.7 Å². The second kappa shape index (κ2) is 17.3. The van der Waals surface area contributed by atoms with Crippen LogP contribution in [0.2, 0.25) is 0 Å². The van der Waals surface area contributed by atoms with Crippen molar-refractivity contribution in [3.8, 4) is 0 Å². The van der Waals surface area contributed by atoms with Crippen LogP contribution in [-0.4, -0.2) is 50.5 Å². The van der Waals surface area contributed by atoms with Gasteiger partial charge in [-0.15, -0.1) is 22.7 Å². The summed E-state index contributed by atoms with van der Waals surface area (Å²) in [4.78, 5) is 49.4. The number of benzene rings is 2. The van der Waals surface area contributed by atoms with Gasteiger partial charge in [0.1, 0.15) is 19.5 Å². The number of Topliss-reactive ketones (excluding diaryl/α,β-unsaturated/α-hetero) is 2. The Morgan fingerprint density at radius 2 is 1.35 bits per heavy atom. The maximum absolute atomic E-state index is 12.9. The number of carbonyl (C=O) groups is 4. The van der Waals surface area contributed by atoms with E-state index in [1.54, 1.807) is 51.3 Å². The number of aryl methyl sites for hydroxylation is 6. The van der Waals surface area contributed by atoms with Crippen molar-refractivity contribution < 1.29 is 45.1 Å². The van der Waals surface area contributed by atoms with E-state index in [4.69, 9.17) is 10.3 Å². The quantitative estimate of drug-likeness (QED) is 0.123. The first kappa shape index (κ1) is 45.1. The smallest absolute Gasteiger partial charge is 0.283 e. The van der Waals surface area contributed by atoms with Gasteiger partial charge in [-0.2, -0.15) is 4.31 Å². The minimum Gasteiger partial charge on any atom is -0.367 e. The third-order valence-corrected chi connectivity index (χ3v) is 14.5. The summed E-state index contributed by atoms with van der Waals surface area (Å²) in [6, 6.07) is 9.66. The Morgan fingerprint density at radius 1 is 0.783 bits per heavy atom. The molecule has 0 radical (unpaired) electrons. The first-order chi connectivity index (χ1) is 28.0. The Bertz CT molecular complexity index is 2900. The average molecular weight is 895 g/mol. The summed E-state index contributed by atoms with van der Waals surface area (Å²) in [6.45, 7) is 17.0. The summed E-state index contributed by atoms with van der Waals surface area (Å²) >= 11 is 2.07. The van der Waals surface area contributed by atoms with Crippen molar-refractivity contribution in [1.82, 2.24) is 10.3 Å². The molecule has 2 aromatic carbocycles. The van der Waals surface area contributed by atoms with Crippen molar-refractivity contribution in [3.63, 3.8) is 0 Å². The number of rotatable bonds is 8. The van der Waals surface area contributed by atoms with Gasteiger partial charge in [-0.3, -0.25) is 19.2 Å². The lowest BCUT2D eigenvalue weighted by molar-refractivity contribution is 0.0998. The fourth-order valence-corrected chi connectivity index (χ4v) is 11.3. The third kappa shape index (κ3) is 8.96. The molecule has 0 fully saturated rings. The summed E-state index contributed by atoms with van der Waals surface area (Å²) in [5, 5.41) is 13.1. The van der Waals surface area contributed by atoms with Crippen molar-refractivity contribution in [2.24, 2.45) is 0 Å². The van der Waals surface area contributed by atoms with Crippen molar-refractivity contribution in [1.29, 1.82) is 0 Å². The number of sulfonamides is 2. The van der Waals surface area contributed by atoms with E-state index < -0.39 is 31.9 Å². The van der Waals surface area contributed by atoms with Crippen LogP contribution in [0.25, 0.3) is 0 Å². The maximum Gasteiger partial charge on any atom is 0.283 e. The van der Waals surface area contributed by atoms with Gasteiger partial charge in [0.05, 0.1) is 22.8 Å². The molecule has 1 aliphatic rings. The van der Waals surface area contributed by atoms with Gasteiger partial charge in [0.2, 0.25) is 11.8 Å². The summed E-state index contributed by atoms with van der Waals surface area (Å²) in [7, 11) is -8.05. The van der Waals surface area contributed by atoms with Gasteiger partial charge in [0.15, 0.2) is 11.6 Å². The van der Waals surface area contributed by atoms with Crippen molar-refractivity contribution in [2.45, 2.75) is 79.0 Å². The minimum atomic E-state index is -4.09. The zero-order valence-corrected chi connectivity index (χ0v) is 37.5. The molecule has 4 N–H and O–H groups in total. The zero-order chi connectivity index (χ0) is 44.6. The highest BCUT2D eigenvalue weighted by Crippen LogP contribution is 2.41. The largest absolute Gasteiger partial charge is 0.367 e. The van der Waals surface area contributed by atoms with Crippen LogP contribution in [0.5, 0.6) is 0 Å². The van der Waals surface area contributed by atoms with E-state index in [0.717, 1.165) is 49.4 Å². The lowest BCUT2D eigenvalue weighted by Gasteiger charge is -2.21. The molecule has 0 aliphatic carbocycles. The van der Waals surface area contributed by atoms with Crippen LogP contribution >= 0.6 is 22.7 Å². The number of thiophene rings is 2. The topological polar surface area (TPSA) is 242 Å². The number of nitrogens with two attached hydrogens (primary N) is 1. The molecule has 60 heavy (non-hydrogen) atoms. The Morgan fingerprint density at radius 3 is 1.87 bits per heavy atom. The summed E-state index contributed by atoms with van der Waals surface area (Å²) in [6.07, 6.45) is 0. The van der Waals surface area contributed by atoms with Crippen LogP contribution in [0.15, 0.2) is 66.0 Å². The number of nitrogens with one attached hydrogen (secondary N) is 2. The summed E-state index contributed by atoms with van der Waals surface area (Å²) in [5.74, 6) is -1.28. The van der Waals surface area contributed by atoms with E-state index in [9.17, 15) is 36.0 Å². The van der Waals surface area contributed by atoms with Gasteiger partial charge >= 0.3 is 0 Å².